The molecule has 2 aromatic carbocycles. The van der Waals surface area contributed by atoms with Gasteiger partial charge in [-0.1, -0.05) is 6.07 Å². The first-order chi connectivity index (χ1) is 15.0. The highest BCUT2D eigenvalue weighted by atomic mass is 16.5. The smallest absolute Gasteiger partial charge is 0.248 e. The summed E-state index contributed by atoms with van der Waals surface area (Å²) >= 11 is 0. The molecule has 2 amide bonds. The van der Waals surface area contributed by atoms with Gasteiger partial charge in [-0.25, -0.2) is 0 Å². The van der Waals surface area contributed by atoms with E-state index >= 15 is 0 Å². The molecule has 0 aliphatic heterocycles. The lowest BCUT2D eigenvalue weighted by molar-refractivity contribution is -0.119. The quantitative estimate of drug-likeness (QED) is 0.549. The van der Waals surface area contributed by atoms with E-state index in [1.54, 1.807) is 68.6 Å². The van der Waals surface area contributed by atoms with Gasteiger partial charge in [0.2, 0.25) is 11.8 Å². The van der Waals surface area contributed by atoms with Gasteiger partial charge in [-0.05, 0) is 61.4 Å². The van der Waals surface area contributed by atoms with Gasteiger partial charge in [0.25, 0.3) is 0 Å². The summed E-state index contributed by atoms with van der Waals surface area (Å²) in [4.78, 5) is 24.9. The molecule has 0 aliphatic rings. The zero-order chi connectivity index (χ0) is 22.2. The van der Waals surface area contributed by atoms with Gasteiger partial charge in [-0.2, -0.15) is 5.10 Å². The second-order valence-electron chi connectivity index (χ2n) is 6.96. The first-order valence-corrected chi connectivity index (χ1v) is 9.91. The highest BCUT2D eigenvalue weighted by Gasteiger charge is 2.15. The van der Waals surface area contributed by atoms with E-state index in [0.29, 0.717) is 29.3 Å². The van der Waals surface area contributed by atoms with Gasteiger partial charge in [0, 0.05) is 30.2 Å². The molecule has 3 rings (SSSR count). The lowest BCUT2D eigenvalue weighted by atomic mass is 10.1. The number of nitrogens with one attached hydrogen (secondary N) is 2. The van der Waals surface area contributed by atoms with Crippen LogP contribution in [0.4, 0.5) is 11.4 Å². The zero-order valence-corrected chi connectivity index (χ0v) is 17.8. The topological polar surface area (TPSA) is 94.5 Å². The number of aryl methyl sites for hydroxylation is 1. The van der Waals surface area contributed by atoms with Gasteiger partial charge in [0.15, 0.2) is 0 Å². The van der Waals surface area contributed by atoms with E-state index in [2.05, 4.69) is 15.7 Å². The third-order valence-electron chi connectivity index (χ3n) is 4.82. The Kier molecular flexibility index (Phi) is 7.26. The van der Waals surface area contributed by atoms with Crippen molar-refractivity contribution in [2.45, 2.75) is 25.8 Å². The summed E-state index contributed by atoms with van der Waals surface area (Å²) in [6, 6.07) is 13.8. The molecular weight excluding hydrogens is 396 g/mol. The van der Waals surface area contributed by atoms with Crippen molar-refractivity contribution in [3.8, 4) is 11.5 Å². The number of hydrogen-bond donors (Lipinski definition) is 2. The molecule has 0 radical (unpaired) electrons. The predicted octanol–water partition coefficient (Wildman–Crippen LogP) is 3.67. The highest BCUT2D eigenvalue weighted by molar-refractivity contribution is 5.95. The van der Waals surface area contributed by atoms with E-state index in [1.807, 2.05) is 18.2 Å². The first-order valence-electron chi connectivity index (χ1n) is 9.91. The van der Waals surface area contributed by atoms with Gasteiger partial charge in [-0.3, -0.25) is 14.3 Å². The van der Waals surface area contributed by atoms with Crippen molar-refractivity contribution in [2.75, 3.05) is 24.9 Å². The van der Waals surface area contributed by atoms with Crippen LogP contribution in [0.3, 0.4) is 0 Å². The normalized spacial score (nSPS) is 11.5. The maximum Gasteiger partial charge on any atom is 0.248 e. The summed E-state index contributed by atoms with van der Waals surface area (Å²) in [7, 11) is 3.19. The van der Waals surface area contributed by atoms with Crippen molar-refractivity contribution in [3.63, 3.8) is 0 Å². The van der Waals surface area contributed by atoms with Gasteiger partial charge in [0.05, 0.1) is 14.2 Å². The van der Waals surface area contributed by atoms with Crippen LogP contribution in [0.25, 0.3) is 0 Å². The van der Waals surface area contributed by atoms with E-state index in [9.17, 15) is 9.59 Å². The maximum absolute atomic E-state index is 12.5. The molecule has 8 nitrogen and oxygen atoms in total. The van der Waals surface area contributed by atoms with Crippen LogP contribution >= 0.6 is 0 Å². The number of hydrogen-bond acceptors (Lipinski definition) is 5. The zero-order valence-electron chi connectivity index (χ0n) is 17.8. The van der Waals surface area contributed by atoms with Crippen molar-refractivity contribution in [1.82, 2.24) is 9.78 Å². The second-order valence-corrected chi connectivity index (χ2v) is 6.96. The Labute approximate surface area is 181 Å². The van der Waals surface area contributed by atoms with Gasteiger partial charge < -0.3 is 20.1 Å². The molecule has 162 valence electrons. The molecule has 0 spiro atoms. The van der Waals surface area contributed by atoms with Crippen molar-refractivity contribution < 1.29 is 19.1 Å². The minimum atomic E-state index is -0.453. The molecule has 1 atom stereocenters. The molecule has 3 aromatic rings. The Hall–Kier alpha value is -3.81. The molecule has 0 aliphatic carbocycles. The Morgan fingerprint density at radius 2 is 1.81 bits per heavy atom. The maximum atomic E-state index is 12.5. The Morgan fingerprint density at radius 3 is 2.48 bits per heavy atom. The number of methoxy groups -OCH3 is 2. The average Bonchev–Trinajstić information content (AvgIpc) is 3.32. The molecule has 1 aromatic heterocycles. The van der Waals surface area contributed by atoms with E-state index in [4.69, 9.17) is 9.47 Å². The van der Waals surface area contributed by atoms with Crippen LogP contribution in [-0.4, -0.2) is 35.8 Å². The molecule has 0 saturated carbocycles. The van der Waals surface area contributed by atoms with E-state index in [-0.39, 0.29) is 18.2 Å². The van der Waals surface area contributed by atoms with Crippen LogP contribution in [-0.2, 0) is 16.0 Å². The van der Waals surface area contributed by atoms with Crippen molar-refractivity contribution in [2.24, 2.45) is 0 Å². The lowest BCUT2D eigenvalue weighted by Crippen LogP contribution is -2.24. The first kappa shape index (κ1) is 21.9. The summed E-state index contributed by atoms with van der Waals surface area (Å²) in [5, 5.41) is 9.80. The number of rotatable bonds is 9. The molecule has 0 fully saturated rings. The average molecular weight is 422 g/mol. The minimum absolute atomic E-state index is 0.141. The number of carbonyl (C=O) groups is 2. The Balaban J connectivity index is 1.58. The number of nitrogens with zero attached hydrogens (tertiary/aromatic N) is 2. The fraction of sp³-hybridized carbons (Fsp3) is 0.261. The van der Waals surface area contributed by atoms with Crippen molar-refractivity contribution >= 4 is 23.2 Å². The fourth-order valence-electron chi connectivity index (χ4n) is 3.10. The minimum Gasteiger partial charge on any atom is -0.497 e. The fourth-order valence-corrected chi connectivity index (χ4v) is 3.10. The summed E-state index contributed by atoms with van der Waals surface area (Å²) in [5.41, 5.74) is 2.09. The largest absolute Gasteiger partial charge is 0.497 e. The molecule has 0 saturated heterocycles. The number of anilines is 2. The molecule has 31 heavy (non-hydrogen) atoms. The number of ether oxygens (including phenoxy) is 2. The lowest BCUT2D eigenvalue weighted by Gasteiger charge is -2.14. The Morgan fingerprint density at radius 1 is 1.03 bits per heavy atom. The SMILES string of the molecule is COc1ccc(OC)c(CCC(=O)Nc2cccc(NC(=O)C(C)n3cccn3)c2)c1. The summed E-state index contributed by atoms with van der Waals surface area (Å²) in [5.74, 6) is 1.09. The van der Waals surface area contributed by atoms with Gasteiger partial charge >= 0.3 is 0 Å². The standard InChI is InChI=1S/C23H26N4O4/c1-16(27-13-5-12-24-27)23(29)26-19-7-4-6-18(15-19)25-22(28)11-8-17-14-20(30-2)9-10-21(17)31-3/h4-7,9-10,12-16H,8,11H2,1-3H3,(H,25,28)(H,26,29). The molecule has 2 N–H and O–H groups in total. The number of carbonyl (C=O) groups excluding carboxylic acids is 2. The molecule has 1 heterocycles. The highest BCUT2D eigenvalue weighted by Crippen LogP contribution is 2.25. The van der Waals surface area contributed by atoms with Crippen molar-refractivity contribution in [3.05, 3.63) is 66.5 Å². The van der Waals surface area contributed by atoms with Crippen LogP contribution in [0.15, 0.2) is 60.9 Å². The van der Waals surface area contributed by atoms with E-state index in [1.165, 1.54) is 0 Å². The third kappa shape index (κ3) is 5.85. The van der Waals surface area contributed by atoms with Crippen molar-refractivity contribution in [1.29, 1.82) is 0 Å². The van der Waals surface area contributed by atoms with E-state index < -0.39 is 6.04 Å². The van der Waals surface area contributed by atoms with Gasteiger partial charge in [0.1, 0.15) is 17.5 Å². The summed E-state index contributed by atoms with van der Waals surface area (Å²) in [6.07, 6.45) is 4.14. The van der Waals surface area contributed by atoms with Crippen LogP contribution in [0.1, 0.15) is 24.9 Å². The van der Waals surface area contributed by atoms with Crippen LogP contribution in [0.2, 0.25) is 0 Å². The van der Waals surface area contributed by atoms with Crippen LogP contribution in [0, 0.1) is 0 Å². The third-order valence-corrected chi connectivity index (χ3v) is 4.82. The predicted molar refractivity (Wildman–Crippen MR) is 119 cm³/mol. The molecule has 0 bridgehead atoms. The summed E-state index contributed by atoms with van der Waals surface area (Å²) < 4.78 is 12.2. The second kappa shape index (κ2) is 10.3. The monoisotopic (exact) mass is 422 g/mol. The molecular formula is C23H26N4O4. The molecule has 8 heteroatoms. The number of aromatic nitrogens is 2. The van der Waals surface area contributed by atoms with Gasteiger partial charge in [-0.15, -0.1) is 0 Å². The number of amides is 2. The summed E-state index contributed by atoms with van der Waals surface area (Å²) in [6.45, 7) is 1.76. The number of benzene rings is 2. The van der Waals surface area contributed by atoms with Crippen LogP contribution < -0.4 is 20.1 Å². The van der Waals surface area contributed by atoms with E-state index in [0.717, 1.165) is 5.56 Å². The van der Waals surface area contributed by atoms with Crippen LogP contribution in [0.5, 0.6) is 11.5 Å². The Bertz CT molecular complexity index is 1030. The molecule has 1 unspecified atom stereocenters.